The van der Waals surface area contributed by atoms with Crippen LogP contribution in [0.25, 0.3) is 0 Å². The Morgan fingerprint density at radius 3 is 2.60 bits per heavy atom. The molecule has 1 saturated carbocycles. The van der Waals surface area contributed by atoms with Crippen LogP contribution in [0, 0.1) is 11.8 Å². The molecule has 0 spiro atoms. The van der Waals surface area contributed by atoms with Crippen LogP contribution in [0.1, 0.15) is 77.2 Å². The van der Waals surface area contributed by atoms with Gasteiger partial charge in [0, 0.05) is 24.2 Å². The summed E-state index contributed by atoms with van der Waals surface area (Å²) >= 11 is 0. The minimum Gasteiger partial charge on any atom is -0.388 e. The Kier molecular flexibility index (Phi) is 4.58. The first-order valence-electron chi connectivity index (χ1n) is 8.06. The third-order valence-corrected chi connectivity index (χ3v) is 4.78. The quantitative estimate of drug-likeness (QED) is 0.908. The van der Waals surface area contributed by atoms with Gasteiger partial charge in [0.25, 0.3) is 0 Å². The van der Waals surface area contributed by atoms with E-state index in [2.05, 4.69) is 32.8 Å². The van der Waals surface area contributed by atoms with E-state index < -0.39 is 0 Å². The average molecular weight is 278 g/mol. The summed E-state index contributed by atoms with van der Waals surface area (Å²) in [7, 11) is 1.95. The lowest BCUT2D eigenvalue weighted by molar-refractivity contribution is 0.0439. The Balaban J connectivity index is 2.30. The summed E-state index contributed by atoms with van der Waals surface area (Å²) < 4.78 is 1.85. The molecular weight excluding hydrogens is 248 g/mol. The van der Waals surface area contributed by atoms with Crippen LogP contribution in [0.15, 0.2) is 6.20 Å². The molecule has 0 aliphatic heterocycles. The Morgan fingerprint density at radius 1 is 1.35 bits per heavy atom. The lowest BCUT2D eigenvalue weighted by atomic mass is 9.72. The van der Waals surface area contributed by atoms with Crippen molar-refractivity contribution in [2.75, 3.05) is 0 Å². The van der Waals surface area contributed by atoms with Gasteiger partial charge in [0.05, 0.1) is 11.8 Å². The Labute approximate surface area is 123 Å². The topological polar surface area (TPSA) is 38.0 Å². The van der Waals surface area contributed by atoms with Crippen molar-refractivity contribution >= 4 is 0 Å². The second kappa shape index (κ2) is 5.88. The molecule has 1 aromatic rings. The summed E-state index contributed by atoms with van der Waals surface area (Å²) in [6.45, 7) is 8.76. The van der Waals surface area contributed by atoms with E-state index in [0.29, 0.717) is 11.8 Å². The van der Waals surface area contributed by atoms with Gasteiger partial charge in [0.2, 0.25) is 0 Å². The first kappa shape index (κ1) is 15.6. The fraction of sp³-hybridized carbons (Fsp3) is 0.824. The number of aryl methyl sites for hydroxylation is 1. The first-order valence-corrected chi connectivity index (χ1v) is 8.06. The number of aliphatic hydroxyl groups is 1. The lowest BCUT2D eigenvalue weighted by Gasteiger charge is -2.35. The third-order valence-electron chi connectivity index (χ3n) is 4.78. The fourth-order valence-corrected chi connectivity index (χ4v) is 3.70. The predicted octanol–water partition coefficient (Wildman–Crippen LogP) is 3.97. The van der Waals surface area contributed by atoms with Crippen molar-refractivity contribution in [3.05, 3.63) is 17.5 Å². The molecule has 1 fully saturated rings. The maximum atomic E-state index is 11.0. The van der Waals surface area contributed by atoms with Crippen LogP contribution in [0.4, 0.5) is 0 Å². The van der Waals surface area contributed by atoms with Crippen molar-refractivity contribution in [1.82, 2.24) is 9.78 Å². The minimum absolute atomic E-state index is 0.0199. The van der Waals surface area contributed by atoms with Gasteiger partial charge < -0.3 is 5.11 Å². The van der Waals surface area contributed by atoms with Crippen LogP contribution in [-0.4, -0.2) is 14.9 Å². The van der Waals surface area contributed by atoms with E-state index in [4.69, 9.17) is 0 Å². The predicted molar refractivity (Wildman–Crippen MR) is 82.6 cm³/mol. The van der Waals surface area contributed by atoms with Crippen molar-refractivity contribution in [2.24, 2.45) is 18.9 Å². The van der Waals surface area contributed by atoms with E-state index in [1.807, 2.05) is 17.9 Å². The first-order chi connectivity index (χ1) is 9.34. The molecular formula is C17H30N2O. The molecule has 3 heteroatoms. The van der Waals surface area contributed by atoms with Crippen molar-refractivity contribution in [2.45, 2.75) is 71.3 Å². The molecule has 0 amide bonds. The van der Waals surface area contributed by atoms with Gasteiger partial charge in [-0.1, -0.05) is 53.4 Å². The zero-order valence-corrected chi connectivity index (χ0v) is 13.7. The molecule has 0 aromatic carbocycles. The monoisotopic (exact) mass is 278 g/mol. The largest absolute Gasteiger partial charge is 0.388 e. The maximum absolute atomic E-state index is 11.0. The van der Waals surface area contributed by atoms with Crippen molar-refractivity contribution in [3.63, 3.8) is 0 Å². The van der Waals surface area contributed by atoms with Crippen LogP contribution >= 0.6 is 0 Å². The number of hydrogen-bond donors (Lipinski definition) is 1. The summed E-state index contributed by atoms with van der Waals surface area (Å²) in [4.78, 5) is 0. The lowest BCUT2D eigenvalue weighted by Crippen LogP contribution is -2.27. The van der Waals surface area contributed by atoms with Gasteiger partial charge in [0.15, 0.2) is 0 Å². The van der Waals surface area contributed by atoms with Gasteiger partial charge in [0.1, 0.15) is 0 Å². The normalized spacial score (nSPS) is 25.7. The number of aromatic nitrogens is 2. The molecule has 1 aliphatic carbocycles. The molecule has 3 nitrogen and oxygen atoms in total. The zero-order chi connectivity index (χ0) is 14.9. The molecule has 1 aromatic heterocycles. The summed E-state index contributed by atoms with van der Waals surface area (Å²) in [6, 6.07) is 0. The Morgan fingerprint density at radius 2 is 2.00 bits per heavy atom. The highest BCUT2D eigenvalue weighted by molar-refractivity contribution is 5.27. The highest BCUT2D eigenvalue weighted by Crippen LogP contribution is 2.42. The molecule has 0 saturated heterocycles. The number of rotatable bonds is 3. The second-order valence-electron chi connectivity index (χ2n) is 7.42. The molecule has 114 valence electrons. The Hall–Kier alpha value is -0.830. The van der Waals surface area contributed by atoms with E-state index in [-0.39, 0.29) is 11.5 Å². The van der Waals surface area contributed by atoms with Crippen LogP contribution in [-0.2, 0) is 12.5 Å². The van der Waals surface area contributed by atoms with E-state index >= 15 is 0 Å². The van der Waals surface area contributed by atoms with Gasteiger partial charge in [-0.3, -0.25) is 4.68 Å². The molecule has 0 radical (unpaired) electrons. The molecule has 1 aliphatic rings. The highest BCUT2D eigenvalue weighted by Gasteiger charge is 2.34. The molecule has 1 heterocycles. The smallest absolute Gasteiger partial charge is 0.0854 e. The van der Waals surface area contributed by atoms with Crippen molar-refractivity contribution in [3.8, 4) is 0 Å². The number of hydrogen-bond acceptors (Lipinski definition) is 2. The summed E-state index contributed by atoms with van der Waals surface area (Å²) in [5, 5.41) is 15.6. The minimum atomic E-state index is -0.358. The highest BCUT2D eigenvalue weighted by atomic mass is 16.3. The summed E-state index contributed by atoms with van der Waals surface area (Å²) in [6.07, 6.45) is 7.83. The SMILES string of the molecule is CCC1CCCCC1C(O)c1cn(C)nc1C(C)(C)C. The fourth-order valence-electron chi connectivity index (χ4n) is 3.70. The molecule has 1 N–H and O–H groups in total. The second-order valence-corrected chi connectivity index (χ2v) is 7.42. The number of aliphatic hydroxyl groups excluding tert-OH is 1. The Bertz CT molecular complexity index is 444. The van der Waals surface area contributed by atoms with E-state index in [1.165, 1.54) is 25.7 Å². The molecule has 2 rings (SSSR count). The average Bonchev–Trinajstić information content (AvgIpc) is 2.80. The van der Waals surface area contributed by atoms with Crippen molar-refractivity contribution in [1.29, 1.82) is 0 Å². The summed E-state index contributed by atoms with van der Waals surface area (Å²) in [5.74, 6) is 1.06. The maximum Gasteiger partial charge on any atom is 0.0854 e. The molecule has 3 atom stereocenters. The summed E-state index contributed by atoms with van der Waals surface area (Å²) in [5.41, 5.74) is 2.08. The molecule has 0 bridgehead atoms. The van der Waals surface area contributed by atoms with Crippen molar-refractivity contribution < 1.29 is 5.11 Å². The van der Waals surface area contributed by atoms with Gasteiger partial charge in [-0.2, -0.15) is 5.10 Å². The van der Waals surface area contributed by atoms with Gasteiger partial charge in [-0.05, 0) is 18.3 Å². The third kappa shape index (κ3) is 3.08. The standard InChI is InChI=1S/C17H30N2O/c1-6-12-9-7-8-10-13(12)15(20)14-11-19(5)18-16(14)17(2,3)4/h11-13,15,20H,6-10H2,1-5H3. The van der Waals surface area contributed by atoms with E-state index in [9.17, 15) is 5.11 Å². The van der Waals surface area contributed by atoms with Crippen LogP contribution < -0.4 is 0 Å². The van der Waals surface area contributed by atoms with Gasteiger partial charge in [-0.15, -0.1) is 0 Å². The molecule has 20 heavy (non-hydrogen) atoms. The molecule has 3 unspecified atom stereocenters. The zero-order valence-electron chi connectivity index (χ0n) is 13.7. The number of nitrogens with zero attached hydrogens (tertiary/aromatic N) is 2. The van der Waals surface area contributed by atoms with E-state index in [1.54, 1.807) is 0 Å². The van der Waals surface area contributed by atoms with Crippen LogP contribution in [0.2, 0.25) is 0 Å². The van der Waals surface area contributed by atoms with Gasteiger partial charge in [-0.25, -0.2) is 0 Å². The van der Waals surface area contributed by atoms with Crippen LogP contribution in [0.5, 0.6) is 0 Å². The van der Waals surface area contributed by atoms with Crippen LogP contribution in [0.3, 0.4) is 0 Å². The van der Waals surface area contributed by atoms with Gasteiger partial charge >= 0.3 is 0 Å². The van der Waals surface area contributed by atoms with E-state index in [0.717, 1.165) is 17.7 Å².